The second-order valence-corrected chi connectivity index (χ2v) is 6.31. The average molecular weight is 268 g/mol. The summed E-state index contributed by atoms with van der Waals surface area (Å²) in [7, 11) is 0. The Bertz CT molecular complexity index is 490. The van der Waals surface area contributed by atoms with Gasteiger partial charge >= 0.3 is 0 Å². The fraction of sp³-hybridized carbons (Fsp3) is 0.786. The zero-order valence-corrected chi connectivity index (χ0v) is 10.9. The summed E-state index contributed by atoms with van der Waals surface area (Å²) in [6.07, 6.45) is 5.00. The summed E-state index contributed by atoms with van der Waals surface area (Å²) in [6, 6.07) is 0. The maximum Gasteiger partial charge on any atom is 0.255 e. The van der Waals surface area contributed by atoms with Gasteiger partial charge in [0.1, 0.15) is 5.76 Å². The van der Waals surface area contributed by atoms with E-state index in [2.05, 4.69) is 9.88 Å². The summed E-state index contributed by atoms with van der Waals surface area (Å²) in [5.41, 5.74) is 0.367. The molecule has 1 aromatic heterocycles. The number of hydrogen-bond acceptors (Lipinski definition) is 3. The van der Waals surface area contributed by atoms with Gasteiger partial charge in [-0.05, 0) is 32.2 Å². The van der Waals surface area contributed by atoms with Gasteiger partial charge in [0.2, 0.25) is 5.89 Å². The molecule has 0 N–H and O–H groups in total. The molecule has 104 valence electrons. The molecule has 0 radical (unpaired) electrons. The molecule has 1 saturated heterocycles. The molecule has 0 bridgehead atoms. The van der Waals surface area contributed by atoms with Crippen molar-refractivity contribution in [1.29, 1.82) is 0 Å². The van der Waals surface area contributed by atoms with E-state index in [1.807, 2.05) is 0 Å². The molecule has 1 spiro atoms. The maximum atomic E-state index is 13.3. The second kappa shape index (κ2) is 3.78. The van der Waals surface area contributed by atoms with Crippen LogP contribution in [0.5, 0.6) is 0 Å². The lowest BCUT2D eigenvalue weighted by atomic mass is 10.0. The first-order valence-electron chi connectivity index (χ1n) is 7.16. The zero-order valence-electron chi connectivity index (χ0n) is 10.9. The molecular formula is C14H18F2N2O. The highest BCUT2D eigenvalue weighted by Crippen LogP contribution is 2.65. The Kier molecular flexibility index (Phi) is 2.35. The van der Waals surface area contributed by atoms with Crippen LogP contribution in [0.15, 0.2) is 4.42 Å². The van der Waals surface area contributed by atoms with Crippen molar-refractivity contribution < 1.29 is 13.2 Å². The van der Waals surface area contributed by atoms with E-state index in [0.29, 0.717) is 25.4 Å². The van der Waals surface area contributed by atoms with Gasteiger partial charge in [-0.2, -0.15) is 0 Å². The first-order valence-corrected chi connectivity index (χ1v) is 7.16. The fourth-order valence-electron chi connectivity index (χ4n) is 3.58. The molecule has 4 rings (SSSR count). The second-order valence-electron chi connectivity index (χ2n) is 6.31. The van der Waals surface area contributed by atoms with Gasteiger partial charge in [0.05, 0.1) is 17.7 Å². The van der Waals surface area contributed by atoms with E-state index in [9.17, 15) is 8.78 Å². The molecule has 19 heavy (non-hydrogen) atoms. The number of oxazole rings is 1. The zero-order chi connectivity index (χ0) is 13.1. The fourth-order valence-corrected chi connectivity index (χ4v) is 3.58. The number of nitrogens with zero attached hydrogens (tertiary/aromatic N) is 2. The number of hydrogen-bond donors (Lipinski definition) is 0. The van der Waals surface area contributed by atoms with Crippen LogP contribution in [0.3, 0.4) is 0 Å². The molecule has 2 heterocycles. The quantitative estimate of drug-likeness (QED) is 0.826. The normalized spacial score (nSPS) is 32.7. The SMILES string of the molecule is FC1(F)C[C@@]12CCN(Cc1nc3c(o1)CCCC3)C2. The minimum absolute atomic E-state index is 0.0680. The van der Waals surface area contributed by atoms with Gasteiger partial charge in [-0.1, -0.05) is 0 Å². The molecule has 3 aliphatic rings. The van der Waals surface area contributed by atoms with Crippen LogP contribution in [0, 0.1) is 5.41 Å². The predicted octanol–water partition coefficient (Wildman–Crippen LogP) is 2.78. The van der Waals surface area contributed by atoms with E-state index in [1.165, 1.54) is 12.8 Å². The van der Waals surface area contributed by atoms with Gasteiger partial charge in [-0.25, -0.2) is 13.8 Å². The third kappa shape index (κ3) is 1.82. The summed E-state index contributed by atoms with van der Waals surface area (Å²) < 4.78 is 32.4. The molecule has 3 nitrogen and oxygen atoms in total. The molecule has 1 saturated carbocycles. The van der Waals surface area contributed by atoms with Crippen LogP contribution < -0.4 is 0 Å². The minimum Gasteiger partial charge on any atom is -0.444 e. The topological polar surface area (TPSA) is 29.3 Å². The Morgan fingerprint density at radius 1 is 1.26 bits per heavy atom. The summed E-state index contributed by atoms with van der Waals surface area (Å²) in [6.45, 7) is 1.82. The van der Waals surface area contributed by atoms with Crippen molar-refractivity contribution in [2.75, 3.05) is 13.1 Å². The van der Waals surface area contributed by atoms with Gasteiger partial charge in [0, 0.05) is 19.4 Å². The van der Waals surface area contributed by atoms with Gasteiger partial charge in [0.15, 0.2) is 0 Å². The summed E-state index contributed by atoms with van der Waals surface area (Å²) in [5.74, 6) is -0.697. The van der Waals surface area contributed by atoms with Gasteiger partial charge in [-0.3, -0.25) is 4.90 Å². The van der Waals surface area contributed by atoms with E-state index in [0.717, 1.165) is 30.8 Å². The molecule has 1 atom stereocenters. The Labute approximate surface area is 111 Å². The number of fused-ring (bicyclic) bond motifs is 1. The lowest BCUT2D eigenvalue weighted by Crippen LogP contribution is -2.22. The van der Waals surface area contributed by atoms with Gasteiger partial charge < -0.3 is 4.42 Å². The summed E-state index contributed by atoms with van der Waals surface area (Å²) in [4.78, 5) is 6.59. The Hall–Kier alpha value is -0.970. The van der Waals surface area contributed by atoms with Crippen LogP contribution in [-0.4, -0.2) is 28.9 Å². The van der Waals surface area contributed by atoms with Crippen molar-refractivity contribution in [3.8, 4) is 0 Å². The molecule has 2 fully saturated rings. The monoisotopic (exact) mass is 268 g/mol. The van der Waals surface area contributed by atoms with E-state index < -0.39 is 11.3 Å². The van der Waals surface area contributed by atoms with E-state index in [1.54, 1.807) is 0 Å². The molecule has 1 aliphatic heterocycles. The first kappa shape index (κ1) is 11.8. The Morgan fingerprint density at radius 3 is 2.74 bits per heavy atom. The highest BCUT2D eigenvalue weighted by atomic mass is 19.3. The minimum atomic E-state index is -2.43. The third-order valence-corrected chi connectivity index (χ3v) is 4.89. The Morgan fingerprint density at radius 2 is 2.05 bits per heavy atom. The van der Waals surface area contributed by atoms with Crippen LogP contribution in [-0.2, 0) is 19.4 Å². The lowest BCUT2D eigenvalue weighted by molar-refractivity contribution is 0.0655. The molecule has 0 aromatic carbocycles. The van der Waals surface area contributed by atoms with Crippen molar-refractivity contribution in [3.05, 3.63) is 17.3 Å². The Balaban J connectivity index is 1.44. The molecular weight excluding hydrogens is 250 g/mol. The molecule has 5 heteroatoms. The van der Waals surface area contributed by atoms with Crippen LogP contribution in [0.25, 0.3) is 0 Å². The standard InChI is InChI=1S/C14H18F2N2O/c15-14(16)8-13(14)5-6-18(9-13)7-12-17-10-3-1-2-4-11(10)19-12/h1-9H2/t13-/m1/s1. The molecule has 1 aromatic rings. The first-order chi connectivity index (χ1) is 9.08. The third-order valence-electron chi connectivity index (χ3n) is 4.89. The number of halogens is 2. The van der Waals surface area contributed by atoms with Crippen molar-refractivity contribution in [3.63, 3.8) is 0 Å². The van der Waals surface area contributed by atoms with Gasteiger partial charge in [0.25, 0.3) is 5.92 Å². The van der Waals surface area contributed by atoms with Gasteiger partial charge in [-0.15, -0.1) is 0 Å². The van der Waals surface area contributed by atoms with E-state index in [4.69, 9.17) is 4.42 Å². The maximum absolute atomic E-state index is 13.3. The van der Waals surface area contributed by atoms with E-state index in [-0.39, 0.29) is 6.42 Å². The van der Waals surface area contributed by atoms with Crippen molar-refractivity contribution in [2.24, 2.45) is 5.41 Å². The van der Waals surface area contributed by atoms with Crippen LogP contribution in [0.2, 0.25) is 0 Å². The lowest BCUT2D eigenvalue weighted by Gasteiger charge is -2.13. The van der Waals surface area contributed by atoms with Crippen LogP contribution in [0.1, 0.15) is 43.0 Å². The number of aromatic nitrogens is 1. The number of alkyl halides is 2. The summed E-state index contributed by atoms with van der Waals surface area (Å²) in [5, 5.41) is 0. The average Bonchev–Trinajstić information content (AvgIpc) is 2.75. The van der Waals surface area contributed by atoms with Crippen molar-refractivity contribution in [2.45, 2.75) is 51.0 Å². The van der Waals surface area contributed by atoms with E-state index >= 15 is 0 Å². The van der Waals surface area contributed by atoms with Crippen molar-refractivity contribution >= 4 is 0 Å². The van der Waals surface area contributed by atoms with Crippen LogP contribution in [0.4, 0.5) is 8.78 Å². The molecule has 0 amide bonds. The molecule has 0 unspecified atom stereocenters. The van der Waals surface area contributed by atoms with Crippen molar-refractivity contribution in [1.82, 2.24) is 9.88 Å². The summed E-state index contributed by atoms with van der Waals surface area (Å²) >= 11 is 0. The largest absolute Gasteiger partial charge is 0.444 e. The highest BCUT2D eigenvalue weighted by molar-refractivity contribution is 5.16. The number of likely N-dealkylation sites (tertiary alicyclic amines) is 1. The molecule has 2 aliphatic carbocycles. The predicted molar refractivity (Wildman–Crippen MR) is 65.0 cm³/mol. The smallest absolute Gasteiger partial charge is 0.255 e. The number of rotatable bonds is 2. The number of aryl methyl sites for hydroxylation is 2. The highest BCUT2D eigenvalue weighted by Gasteiger charge is 2.72. The van der Waals surface area contributed by atoms with Crippen LogP contribution >= 0.6 is 0 Å².